The van der Waals surface area contributed by atoms with E-state index in [2.05, 4.69) is 10.6 Å². The van der Waals surface area contributed by atoms with Gasteiger partial charge in [-0.3, -0.25) is 14.4 Å². The van der Waals surface area contributed by atoms with E-state index in [0.717, 1.165) is 5.56 Å². The largest absolute Gasteiger partial charge is 0.495 e. The molecule has 3 rings (SSSR count). The summed E-state index contributed by atoms with van der Waals surface area (Å²) >= 11 is 0. The number of likely N-dealkylation sites (tertiary alicyclic amines) is 1. The van der Waals surface area contributed by atoms with Gasteiger partial charge in [0.25, 0.3) is 5.91 Å². The molecule has 0 aliphatic carbocycles. The molecular weight excluding hydrogens is 382 g/mol. The predicted octanol–water partition coefficient (Wildman–Crippen LogP) is 3.45. The van der Waals surface area contributed by atoms with E-state index >= 15 is 0 Å². The Morgan fingerprint density at radius 1 is 1.10 bits per heavy atom. The molecule has 0 aromatic heterocycles. The number of aryl methyl sites for hydroxylation is 1. The van der Waals surface area contributed by atoms with Crippen LogP contribution in [0, 0.1) is 12.8 Å². The molecule has 7 nitrogen and oxygen atoms in total. The van der Waals surface area contributed by atoms with Crippen molar-refractivity contribution in [1.29, 1.82) is 0 Å². The second kappa shape index (κ2) is 8.98. The van der Waals surface area contributed by atoms with Crippen LogP contribution in [0.2, 0.25) is 0 Å². The van der Waals surface area contributed by atoms with Crippen LogP contribution in [0.5, 0.6) is 5.75 Å². The molecule has 1 saturated heterocycles. The number of nitrogens with zero attached hydrogens (tertiary/aromatic N) is 1. The molecule has 0 bridgehead atoms. The van der Waals surface area contributed by atoms with Gasteiger partial charge in [-0.1, -0.05) is 6.07 Å². The molecule has 2 aromatic carbocycles. The van der Waals surface area contributed by atoms with Crippen molar-refractivity contribution in [3.05, 3.63) is 53.6 Å². The zero-order valence-electron chi connectivity index (χ0n) is 17.7. The van der Waals surface area contributed by atoms with Crippen LogP contribution < -0.4 is 15.4 Å². The van der Waals surface area contributed by atoms with E-state index < -0.39 is 0 Å². The van der Waals surface area contributed by atoms with Gasteiger partial charge in [0.2, 0.25) is 11.8 Å². The van der Waals surface area contributed by atoms with E-state index in [9.17, 15) is 14.4 Å². The van der Waals surface area contributed by atoms with Gasteiger partial charge in [0.15, 0.2) is 0 Å². The average Bonchev–Trinajstić information content (AvgIpc) is 3.11. The maximum atomic E-state index is 12.6. The predicted molar refractivity (Wildman–Crippen MR) is 116 cm³/mol. The summed E-state index contributed by atoms with van der Waals surface area (Å²) in [5.41, 5.74) is 2.64. The van der Waals surface area contributed by atoms with E-state index in [1.807, 2.05) is 32.9 Å². The maximum absolute atomic E-state index is 12.6. The van der Waals surface area contributed by atoms with Gasteiger partial charge < -0.3 is 20.3 Å². The van der Waals surface area contributed by atoms with E-state index in [4.69, 9.17) is 4.74 Å². The minimum atomic E-state index is -0.364. The number of amides is 3. The van der Waals surface area contributed by atoms with Crippen molar-refractivity contribution in [2.24, 2.45) is 5.92 Å². The fourth-order valence-corrected chi connectivity index (χ4v) is 3.47. The molecule has 0 spiro atoms. The third-order valence-electron chi connectivity index (χ3n) is 5.17. The standard InChI is InChI=1S/C23H27N3O4/c1-14(2)26-13-17(12-21(26)27)23(29)24-18-8-6-16(7-9-18)22(28)25-19-11-15(3)5-10-20(19)30-4/h5-11,14,17H,12-13H2,1-4H3,(H,24,29)(H,25,28). The fourth-order valence-electron chi connectivity index (χ4n) is 3.47. The highest BCUT2D eigenvalue weighted by Gasteiger charge is 2.35. The zero-order chi connectivity index (χ0) is 21.8. The first-order chi connectivity index (χ1) is 14.3. The van der Waals surface area contributed by atoms with Crippen LogP contribution in [0.1, 0.15) is 36.2 Å². The average molecular weight is 409 g/mol. The first-order valence-electron chi connectivity index (χ1n) is 9.95. The quantitative estimate of drug-likeness (QED) is 0.765. The number of anilines is 2. The minimum absolute atomic E-state index is 0.00347. The normalized spacial score (nSPS) is 16.0. The van der Waals surface area contributed by atoms with Gasteiger partial charge >= 0.3 is 0 Å². The van der Waals surface area contributed by atoms with Gasteiger partial charge in [-0.15, -0.1) is 0 Å². The van der Waals surface area contributed by atoms with E-state index in [-0.39, 0.29) is 36.1 Å². The summed E-state index contributed by atoms with van der Waals surface area (Å²) < 4.78 is 5.29. The van der Waals surface area contributed by atoms with Gasteiger partial charge in [-0.25, -0.2) is 0 Å². The van der Waals surface area contributed by atoms with Crippen LogP contribution >= 0.6 is 0 Å². The molecule has 1 aliphatic heterocycles. The summed E-state index contributed by atoms with van der Waals surface area (Å²) in [5.74, 6) is -0.237. The van der Waals surface area contributed by atoms with Gasteiger partial charge in [0.05, 0.1) is 18.7 Å². The summed E-state index contributed by atoms with van der Waals surface area (Å²) in [6.45, 7) is 6.24. The first kappa shape index (κ1) is 21.4. The molecular formula is C23H27N3O4. The number of methoxy groups -OCH3 is 1. The second-order valence-electron chi connectivity index (χ2n) is 7.77. The molecule has 0 saturated carbocycles. The second-order valence-corrected chi connectivity index (χ2v) is 7.77. The molecule has 1 heterocycles. The Kier molecular flexibility index (Phi) is 6.40. The monoisotopic (exact) mass is 409 g/mol. The summed E-state index contributed by atoms with van der Waals surface area (Å²) in [7, 11) is 1.55. The number of carbonyl (C=O) groups is 3. The molecule has 1 fully saturated rings. The summed E-state index contributed by atoms with van der Waals surface area (Å²) in [6, 6.07) is 12.3. The van der Waals surface area contributed by atoms with Gasteiger partial charge in [-0.05, 0) is 62.7 Å². The van der Waals surface area contributed by atoms with Crippen LogP contribution in [-0.4, -0.2) is 42.3 Å². The maximum Gasteiger partial charge on any atom is 0.255 e. The van der Waals surface area contributed by atoms with Crippen molar-refractivity contribution in [3.63, 3.8) is 0 Å². The number of hydrogen-bond acceptors (Lipinski definition) is 4. The molecule has 3 amide bonds. The topological polar surface area (TPSA) is 87.7 Å². The summed E-state index contributed by atoms with van der Waals surface area (Å²) in [4.78, 5) is 38.8. The van der Waals surface area contributed by atoms with Gasteiger partial charge in [0.1, 0.15) is 5.75 Å². The summed E-state index contributed by atoms with van der Waals surface area (Å²) in [6.07, 6.45) is 0.225. The number of carbonyl (C=O) groups excluding carboxylic acids is 3. The third kappa shape index (κ3) is 4.79. The molecule has 0 radical (unpaired) electrons. The molecule has 158 valence electrons. The Labute approximate surface area is 176 Å². The van der Waals surface area contributed by atoms with Crippen molar-refractivity contribution >= 4 is 29.1 Å². The third-order valence-corrected chi connectivity index (χ3v) is 5.17. The van der Waals surface area contributed by atoms with Crippen LogP contribution in [0.4, 0.5) is 11.4 Å². The molecule has 1 unspecified atom stereocenters. The van der Waals surface area contributed by atoms with E-state index in [1.165, 1.54) is 0 Å². The summed E-state index contributed by atoms with van der Waals surface area (Å²) in [5, 5.41) is 5.69. The lowest BCUT2D eigenvalue weighted by molar-refractivity contribution is -0.129. The molecule has 2 aromatic rings. The number of ether oxygens (including phenoxy) is 1. The fraction of sp³-hybridized carbons (Fsp3) is 0.348. The number of hydrogen-bond donors (Lipinski definition) is 2. The van der Waals surface area contributed by atoms with Crippen LogP contribution in [0.3, 0.4) is 0 Å². The van der Waals surface area contributed by atoms with Crippen LogP contribution in [0.25, 0.3) is 0 Å². The van der Waals surface area contributed by atoms with Crippen molar-refractivity contribution < 1.29 is 19.1 Å². The highest BCUT2D eigenvalue weighted by Crippen LogP contribution is 2.26. The Morgan fingerprint density at radius 3 is 2.40 bits per heavy atom. The zero-order valence-corrected chi connectivity index (χ0v) is 17.7. The molecule has 1 aliphatic rings. The molecule has 1 atom stereocenters. The van der Waals surface area contributed by atoms with Gasteiger partial charge in [-0.2, -0.15) is 0 Å². The minimum Gasteiger partial charge on any atom is -0.495 e. The number of benzene rings is 2. The van der Waals surface area contributed by atoms with Crippen LogP contribution in [-0.2, 0) is 9.59 Å². The lowest BCUT2D eigenvalue weighted by Crippen LogP contribution is -2.33. The van der Waals surface area contributed by atoms with E-state index in [1.54, 1.807) is 42.3 Å². The highest BCUT2D eigenvalue weighted by atomic mass is 16.5. The Bertz CT molecular complexity index is 953. The molecule has 2 N–H and O–H groups in total. The Balaban J connectivity index is 1.62. The van der Waals surface area contributed by atoms with Crippen molar-refractivity contribution in [1.82, 2.24) is 4.90 Å². The lowest BCUT2D eigenvalue weighted by Gasteiger charge is -2.20. The van der Waals surface area contributed by atoms with Gasteiger partial charge in [0, 0.05) is 30.3 Å². The molecule has 7 heteroatoms. The van der Waals surface area contributed by atoms with Crippen molar-refractivity contribution in [2.45, 2.75) is 33.2 Å². The smallest absolute Gasteiger partial charge is 0.255 e. The Hall–Kier alpha value is -3.35. The highest BCUT2D eigenvalue weighted by molar-refractivity contribution is 6.05. The van der Waals surface area contributed by atoms with E-state index in [0.29, 0.717) is 29.2 Å². The van der Waals surface area contributed by atoms with Crippen molar-refractivity contribution in [2.75, 3.05) is 24.3 Å². The Morgan fingerprint density at radius 2 is 1.80 bits per heavy atom. The first-order valence-corrected chi connectivity index (χ1v) is 9.95. The van der Waals surface area contributed by atoms with Crippen LogP contribution in [0.15, 0.2) is 42.5 Å². The number of nitrogens with one attached hydrogen (secondary N) is 2. The molecule has 30 heavy (non-hydrogen) atoms. The SMILES string of the molecule is COc1ccc(C)cc1NC(=O)c1ccc(NC(=O)C2CC(=O)N(C(C)C)C2)cc1. The lowest BCUT2D eigenvalue weighted by atomic mass is 10.1. The van der Waals surface area contributed by atoms with Crippen molar-refractivity contribution in [3.8, 4) is 5.75 Å². The number of rotatable bonds is 6.